The van der Waals surface area contributed by atoms with Crippen molar-refractivity contribution in [3.63, 3.8) is 0 Å². The summed E-state index contributed by atoms with van der Waals surface area (Å²) in [5, 5.41) is 19.0. The van der Waals surface area contributed by atoms with Crippen LogP contribution < -0.4 is 18.9 Å². The van der Waals surface area contributed by atoms with E-state index >= 15 is 0 Å². The average Bonchev–Trinajstić information content (AvgIpc) is 3.16. The summed E-state index contributed by atoms with van der Waals surface area (Å²) >= 11 is 6.84. The molecule has 5 aromatic rings. The zero-order valence-electron chi connectivity index (χ0n) is 28.7. The van der Waals surface area contributed by atoms with E-state index in [1.165, 1.54) is 12.4 Å². The van der Waals surface area contributed by atoms with Gasteiger partial charge in [-0.2, -0.15) is 18.9 Å². The van der Waals surface area contributed by atoms with Crippen LogP contribution in [0.1, 0.15) is 38.9 Å². The van der Waals surface area contributed by atoms with Crippen molar-refractivity contribution in [3.05, 3.63) is 129 Å². The molecule has 2 aromatic heterocycles. The Bertz CT molecular complexity index is 2320. The molecule has 0 spiro atoms. The molecule has 0 bridgehead atoms. The van der Waals surface area contributed by atoms with Gasteiger partial charge in [0, 0.05) is 61.6 Å². The van der Waals surface area contributed by atoms with Gasteiger partial charge in [0.2, 0.25) is 0 Å². The molecule has 6 rings (SSSR count). The van der Waals surface area contributed by atoms with Gasteiger partial charge < -0.3 is 18.9 Å². The first kappa shape index (κ1) is 37.1. The molecule has 0 saturated heterocycles. The number of ether oxygens (including phenoxy) is 4. The van der Waals surface area contributed by atoms with Crippen LogP contribution in [0.5, 0.6) is 23.0 Å². The quantitative estimate of drug-likeness (QED) is 0.120. The fourth-order valence-electron chi connectivity index (χ4n) is 5.84. The van der Waals surface area contributed by atoms with Crippen molar-refractivity contribution in [2.45, 2.75) is 33.2 Å². The van der Waals surface area contributed by atoms with Crippen LogP contribution in [0.4, 0.5) is 0 Å². The molecule has 1 aliphatic heterocycles. The van der Waals surface area contributed by atoms with Gasteiger partial charge in [-0.15, -0.1) is 0 Å². The van der Waals surface area contributed by atoms with Crippen LogP contribution >= 0.6 is 11.6 Å². The number of halogens is 1. The fourth-order valence-corrected chi connectivity index (χ4v) is 6.57. The molecule has 14 heteroatoms. The smallest absolute Gasteiger partial charge is 0.266 e. The highest BCUT2D eigenvalue weighted by atomic mass is 35.5. The van der Waals surface area contributed by atoms with Gasteiger partial charge in [-0.05, 0) is 65.1 Å². The number of nitriles is 2. The number of aromatic nitrogens is 2. The Morgan fingerprint density at radius 3 is 2.26 bits per heavy atom. The standard InChI is InChI=1S/C39H34ClN5O7S/c1-26-32(3-2-4-34(26)31-5-6-36-39(14-31)50-9-8-49-36)25-52-38-15-37(51-24-30-12-28(17-42)19-44-21-30)33(13-35(38)40)23-45(7-10-53(46,47)48)22-29-11-27(16-41)18-43-20-29/h2-6,11-15,18-21H,7-10,22-25H2,1H3,(H,46,47,48). The Kier molecular flexibility index (Phi) is 11.7. The maximum Gasteiger partial charge on any atom is 0.266 e. The van der Waals surface area contributed by atoms with Gasteiger partial charge >= 0.3 is 0 Å². The number of benzene rings is 3. The second-order valence-electron chi connectivity index (χ2n) is 12.3. The third-order valence-electron chi connectivity index (χ3n) is 8.51. The van der Waals surface area contributed by atoms with E-state index in [2.05, 4.69) is 22.1 Å². The molecule has 0 fully saturated rings. The first-order chi connectivity index (χ1) is 25.6. The molecule has 12 nitrogen and oxygen atoms in total. The maximum atomic E-state index is 11.8. The third kappa shape index (κ3) is 9.80. The third-order valence-corrected chi connectivity index (χ3v) is 9.50. The van der Waals surface area contributed by atoms with E-state index in [0.717, 1.165) is 22.3 Å². The van der Waals surface area contributed by atoms with Crippen LogP contribution in [0.2, 0.25) is 5.02 Å². The van der Waals surface area contributed by atoms with Gasteiger partial charge in [-0.25, -0.2) is 0 Å². The summed E-state index contributed by atoms with van der Waals surface area (Å²) in [5.41, 5.74) is 6.60. The van der Waals surface area contributed by atoms with Gasteiger partial charge in [-0.3, -0.25) is 19.4 Å². The second kappa shape index (κ2) is 16.8. The van der Waals surface area contributed by atoms with Crippen molar-refractivity contribution in [1.29, 1.82) is 10.5 Å². The van der Waals surface area contributed by atoms with Crippen molar-refractivity contribution in [2.24, 2.45) is 0 Å². The largest absolute Gasteiger partial charge is 0.488 e. The lowest BCUT2D eigenvalue weighted by Gasteiger charge is -2.24. The zero-order chi connectivity index (χ0) is 37.4. The van der Waals surface area contributed by atoms with E-state index in [9.17, 15) is 23.5 Å². The van der Waals surface area contributed by atoms with E-state index in [-0.39, 0.29) is 32.8 Å². The van der Waals surface area contributed by atoms with Crippen LogP contribution in [-0.2, 0) is 36.4 Å². The maximum absolute atomic E-state index is 11.8. The number of hydrogen-bond acceptors (Lipinski definition) is 11. The molecule has 0 saturated carbocycles. The number of rotatable bonds is 14. The highest BCUT2D eigenvalue weighted by Crippen LogP contribution is 2.38. The van der Waals surface area contributed by atoms with Gasteiger partial charge in [-0.1, -0.05) is 35.9 Å². The predicted octanol–water partition coefficient (Wildman–Crippen LogP) is 6.67. The number of nitrogens with zero attached hydrogens (tertiary/aromatic N) is 5. The molecule has 0 atom stereocenters. The minimum atomic E-state index is -4.29. The molecular weight excluding hydrogens is 718 g/mol. The summed E-state index contributed by atoms with van der Waals surface area (Å²) in [4.78, 5) is 10.0. The summed E-state index contributed by atoms with van der Waals surface area (Å²) in [5.74, 6) is 1.64. The van der Waals surface area contributed by atoms with E-state index in [0.29, 0.717) is 69.1 Å². The van der Waals surface area contributed by atoms with Crippen molar-refractivity contribution in [1.82, 2.24) is 14.9 Å². The summed E-state index contributed by atoms with van der Waals surface area (Å²) in [6, 6.07) is 22.7. The summed E-state index contributed by atoms with van der Waals surface area (Å²) in [6.45, 7) is 3.60. The van der Waals surface area contributed by atoms with Gasteiger partial charge in [0.25, 0.3) is 10.1 Å². The summed E-state index contributed by atoms with van der Waals surface area (Å²) in [6.07, 6.45) is 6.07. The molecule has 1 N–H and O–H groups in total. The van der Waals surface area contributed by atoms with E-state index in [1.807, 2.05) is 43.3 Å². The first-order valence-corrected chi connectivity index (χ1v) is 18.5. The first-order valence-electron chi connectivity index (χ1n) is 16.5. The minimum absolute atomic E-state index is 0.0436. The lowest BCUT2D eigenvalue weighted by atomic mass is 9.96. The van der Waals surface area contributed by atoms with Crippen LogP contribution in [0.25, 0.3) is 11.1 Å². The SMILES string of the molecule is Cc1c(COc2cc(OCc3cncc(C#N)c3)c(CN(CCS(=O)(=O)O)Cc3cncc(C#N)c3)cc2Cl)cccc1-c1ccc2c(c1)OCCO2. The van der Waals surface area contributed by atoms with Gasteiger partial charge in [0.15, 0.2) is 11.5 Å². The molecule has 3 heterocycles. The van der Waals surface area contributed by atoms with Crippen molar-refractivity contribution >= 4 is 21.7 Å². The van der Waals surface area contributed by atoms with Crippen molar-refractivity contribution in [2.75, 3.05) is 25.5 Å². The Morgan fingerprint density at radius 1 is 0.830 bits per heavy atom. The van der Waals surface area contributed by atoms with E-state index in [1.54, 1.807) is 41.6 Å². The highest BCUT2D eigenvalue weighted by Gasteiger charge is 2.19. The predicted molar refractivity (Wildman–Crippen MR) is 196 cm³/mol. The Balaban J connectivity index is 1.28. The van der Waals surface area contributed by atoms with E-state index < -0.39 is 15.9 Å². The van der Waals surface area contributed by atoms with Crippen LogP contribution in [0.3, 0.4) is 0 Å². The summed E-state index contributed by atoms with van der Waals surface area (Å²) < 4.78 is 57.2. The van der Waals surface area contributed by atoms with Crippen LogP contribution in [0, 0.1) is 29.6 Å². The molecule has 270 valence electrons. The Labute approximate surface area is 312 Å². The topological polar surface area (TPSA) is 168 Å². The average molecular weight is 752 g/mol. The zero-order valence-corrected chi connectivity index (χ0v) is 30.2. The fraction of sp³-hybridized carbons (Fsp3) is 0.231. The highest BCUT2D eigenvalue weighted by molar-refractivity contribution is 7.85. The number of pyridine rings is 2. The Morgan fingerprint density at radius 2 is 1.53 bits per heavy atom. The van der Waals surface area contributed by atoms with Gasteiger partial charge in [0.1, 0.15) is 50.1 Å². The lowest BCUT2D eigenvalue weighted by molar-refractivity contribution is 0.171. The molecule has 0 radical (unpaired) electrons. The van der Waals surface area contributed by atoms with Crippen molar-refractivity contribution < 1.29 is 31.9 Å². The van der Waals surface area contributed by atoms with Crippen LogP contribution in [0.15, 0.2) is 85.5 Å². The Hall–Kier alpha value is -5.70. The molecule has 3 aromatic carbocycles. The second-order valence-corrected chi connectivity index (χ2v) is 14.3. The normalized spacial score (nSPS) is 12.2. The minimum Gasteiger partial charge on any atom is -0.488 e. The van der Waals surface area contributed by atoms with Crippen molar-refractivity contribution in [3.8, 4) is 46.3 Å². The number of hydrogen-bond donors (Lipinski definition) is 1. The van der Waals surface area contributed by atoms with Gasteiger partial charge in [0.05, 0.1) is 21.9 Å². The molecule has 1 aliphatic rings. The number of fused-ring (bicyclic) bond motifs is 1. The molecular formula is C39H34ClN5O7S. The molecule has 0 aliphatic carbocycles. The summed E-state index contributed by atoms with van der Waals surface area (Å²) in [7, 11) is -4.29. The van der Waals surface area contributed by atoms with Crippen LogP contribution in [-0.4, -0.2) is 53.3 Å². The monoisotopic (exact) mass is 751 g/mol. The molecule has 53 heavy (non-hydrogen) atoms. The molecule has 0 amide bonds. The molecule has 0 unspecified atom stereocenters. The lowest BCUT2D eigenvalue weighted by Crippen LogP contribution is -2.29. The van der Waals surface area contributed by atoms with E-state index in [4.69, 9.17) is 30.5 Å².